The van der Waals surface area contributed by atoms with Gasteiger partial charge < -0.3 is 25.2 Å². The van der Waals surface area contributed by atoms with Crippen LogP contribution in [0.4, 0.5) is 0 Å². The average Bonchev–Trinajstić information content (AvgIpc) is 3.95. The van der Waals surface area contributed by atoms with Crippen LogP contribution in [0.2, 0.25) is 0 Å². The molecule has 0 amide bonds. The number of aliphatic hydroxyl groups excluding tert-OH is 1. The molecule has 4 aliphatic heterocycles. The summed E-state index contributed by atoms with van der Waals surface area (Å²) in [6.07, 6.45) is 23.8. The maximum Gasteiger partial charge on any atom is 0.155 e. The minimum atomic E-state index is -0.111. The Morgan fingerprint density at radius 1 is 0.661 bits per heavy atom. The maximum atomic E-state index is 12.1. The molecule has 6 nitrogen and oxygen atoms in total. The van der Waals surface area contributed by atoms with Crippen LogP contribution in [0.3, 0.4) is 0 Å². The van der Waals surface area contributed by atoms with Gasteiger partial charge in [-0.25, -0.2) is 0 Å². The number of rotatable bonds is 0. The summed E-state index contributed by atoms with van der Waals surface area (Å²) >= 11 is 0. The number of hydrogen-bond acceptors (Lipinski definition) is 6. The number of aliphatic hydroxyl groups is 1. The first-order valence-corrected chi connectivity index (χ1v) is 25.5. The molecular formula is C56H88N2O4. The molecule has 0 bridgehead atoms. The first-order valence-electron chi connectivity index (χ1n) is 25.5. The lowest BCUT2D eigenvalue weighted by atomic mass is 9.56. The molecule has 62 heavy (non-hydrogen) atoms. The summed E-state index contributed by atoms with van der Waals surface area (Å²) in [4.78, 5) is 12.1. The number of ketones is 1. The van der Waals surface area contributed by atoms with Crippen LogP contribution in [-0.2, 0) is 14.3 Å². The lowest BCUT2D eigenvalue weighted by Gasteiger charge is -2.49. The fourth-order valence-electron chi connectivity index (χ4n) is 18.1. The van der Waals surface area contributed by atoms with Crippen molar-refractivity contribution in [3.05, 3.63) is 45.6 Å². The highest BCUT2D eigenvalue weighted by Gasteiger charge is 2.63. The molecule has 0 aromatic heterocycles. The van der Waals surface area contributed by atoms with Crippen molar-refractivity contribution in [2.75, 3.05) is 13.1 Å². The highest BCUT2D eigenvalue weighted by Crippen LogP contribution is 2.67. The van der Waals surface area contributed by atoms with Crippen molar-refractivity contribution in [3.8, 4) is 0 Å². The molecule has 19 atom stereocenters. The van der Waals surface area contributed by atoms with Crippen molar-refractivity contribution in [2.24, 2.45) is 70.0 Å². The topological polar surface area (TPSA) is 79.8 Å². The van der Waals surface area contributed by atoms with Crippen LogP contribution in [0.1, 0.15) is 173 Å². The maximum absolute atomic E-state index is 12.1. The third-order valence-corrected chi connectivity index (χ3v) is 21.6. The molecule has 4 heterocycles. The zero-order valence-corrected chi connectivity index (χ0v) is 38.7. The van der Waals surface area contributed by atoms with E-state index in [1.165, 1.54) is 76.2 Å². The first-order chi connectivity index (χ1) is 28.7. The molecule has 12 rings (SSSR count). The molecule has 8 fully saturated rings. The predicted molar refractivity (Wildman–Crippen MR) is 253 cm³/mol. The fourth-order valence-corrected chi connectivity index (χ4v) is 18.1. The molecule has 4 saturated carbocycles. The van der Waals surface area contributed by atoms with Crippen LogP contribution < -0.4 is 10.6 Å². The third kappa shape index (κ3) is 6.48. The number of fused-ring (bicyclic) bond motifs is 12. The van der Waals surface area contributed by atoms with Crippen LogP contribution in [0.25, 0.3) is 0 Å². The first kappa shape index (κ1) is 45.6. The highest BCUT2D eigenvalue weighted by atomic mass is 16.5. The van der Waals surface area contributed by atoms with Crippen molar-refractivity contribution < 1.29 is 19.4 Å². The predicted octanol–water partition coefficient (Wildman–Crippen LogP) is 11.5. The molecule has 0 aromatic carbocycles. The van der Waals surface area contributed by atoms with E-state index in [1.807, 2.05) is 6.08 Å². The Bertz CT molecular complexity index is 1910. The normalized spacial score (nSPS) is 52.1. The molecule has 2 spiro atoms. The van der Waals surface area contributed by atoms with E-state index < -0.39 is 0 Å². The van der Waals surface area contributed by atoms with Crippen LogP contribution >= 0.6 is 0 Å². The largest absolute Gasteiger partial charge is 0.393 e. The molecule has 0 unspecified atom stereocenters. The van der Waals surface area contributed by atoms with Crippen LogP contribution in [0.5, 0.6) is 0 Å². The van der Waals surface area contributed by atoms with Crippen LogP contribution in [0, 0.1) is 70.0 Å². The Morgan fingerprint density at radius 3 is 1.77 bits per heavy atom. The van der Waals surface area contributed by atoms with E-state index in [4.69, 9.17) is 9.47 Å². The fraction of sp³-hybridized carbons (Fsp3) is 0.839. The molecular weight excluding hydrogens is 765 g/mol. The Hall–Kier alpha value is -1.57. The van der Waals surface area contributed by atoms with Gasteiger partial charge in [0, 0.05) is 30.3 Å². The van der Waals surface area contributed by atoms with Crippen molar-refractivity contribution in [1.82, 2.24) is 10.6 Å². The van der Waals surface area contributed by atoms with Crippen molar-refractivity contribution >= 4 is 5.78 Å². The average molecular weight is 853 g/mol. The van der Waals surface area contributed by atoms with Gasteiger partial charge in [0.1, 0.15) is 0 Å². The Balaban J connectivity index is 0.000000153. The zero-order chi connectivity index (χ0) is 41.7. The van der Waals surface area contributed by atoms with Gasteiger partial charge in [-0.1, -0.05) is 84.8 Å². The van der Waals surface area contributed by atoms with Gasteiger partial charge in [0.2, 0.25) is 0 Å². The number of carbonyl (C=O) groups is 1. The minimum absolute atomic E-state index is 0. The number of nitrogens with one attached hydrogen (secondary N) is 2. The van der Waals surface area contributed by atoms with E-state index in [1.54, 1.807) is 27.9 Å². The van der Waals surface area contributed by atoms with E-state index in [2.05, 4.69) is 72.1 Å². The summed E-state index contributed by atoms with van der Waals surface area (Å²) in [5, 5.41) is 18.0. The van der Waals surface area contributed by atoms with Gasteiger partial charge >= 0.3 is 0 Å². The lowest BCUT2D eigenvalue weighted by molar-refractivity contribution is -0.116. The second-order valence-electron chi connectivity index (χ2n) is 24.1. The Labute approximate surface area is 377 Å². The standard InChI is InChI=1S/C27H41NO2.C27H39NO2.2CH4/c2*1-15-11-24-25(28-14-15)17(3)27(30-24)10-8-20-21-6-5-18-12-19(29)7-9-26(18,4)23(21)13-22(20)16(27)2;;/h5,15,17,19-21,23-25,28-29H,6-14H2,1-4H3;12,15,17,20-21,23-25,28H,5-11,13-14H2,1-4H3;2*1H4/t15-,17+,19-,20-,21-,23-,24+,25-,26-,27-;15-,17+,20-,21-,23-,24+,25-,26-,27-;;/m00../s1. The van der Waals surface area contributed by atoms with Gasteiger partial charge in [-0.15, -0.1) is 0 Å². The van der Waals surface area contributed by atoms with Gasteiger partial charge in [0.05, 0.1) is 29.5 Å². The van der Waals surface area contributed by atoms with E-state index in [-0.39, 0.29) is 37.6 Å². The summed E-state index contributed by atoms with van der Waals surface area (Å²) in [5.41, 5.74) is 10.3. The zero-order valence-electron chi connectivity index (χ0n) is 38.7. The Kier molecular flexibility index (Phi) is 11.8. The smallest absolute Gasteiger partial charge is 0.155 e. The number of carbonyl (C=O) groups excluding carboxylic acids is 1. The second kappa shape index (κ2) is 16.1. The SMILES string of the molecule is C.C.CC1=C2C[C@H]3[C@@H](CC=C4C[C@@H](O)CC[C@@]43C)[C@@H]2CC[C@]12O[C@@H]1C[C@H](C)CN[C@H]1[C@H]2C.CC1=C2C[C@H]3[C@@H](CCC4=CC(=O)CC[C@@]43C)[C@@H]2CC[C@]12O[C@@H]1C[C@H](C)CN[C@H]1[C@H]2C. The van der Waals surface area contributed by atoms with E-state index in [9.17, 15) is 9.90 Å². The number of ether oxygens (including phenoxy) is 2. The third-order valence-electron chi connectivity index (χ3n) is 21.6. The molecule has 0 aromatic rings. The second-order valence-corrected chi connectivity index (χ2v) is 24.1. The van der Waals surface area contributed by atoms with Gasteiger partial charge in [-0.2, -0.15) is 0 Å². The molecule has 8 aliphatic carbocycles. The monoisotopic (exact) mass is 853 g/mol. The Morgan fingerprint density at radius 2 is 1.19 bits per heavy atom. The number of hydrogen-bond donors (Lipinski definition) is 3. The van der Waals surface area contributed by atoms with Crippen molar-refractivity contribution in [2.45, 2.75) is 215 Å². The highest BCUT2D eigenvalue weighted by molar-refractivity contribution is 5.91. The van der Waals surface area contributed by atoms with E-state index in [0.717, 1.165) is 86.6 Å². The summed E-state index contributed by atoms with van der Waals surface area (Å²) in [6.45, 7) is 21.8. The van der Waals surface area contributed by atoms with Gasteiger partial charge in [-0.3, -0.25) is 4.79 Å². The summed E-state index contributed by atoms with van der Waals surface area (Å²) in [7, 11) is 0. The van der Waals surface area contributed by atoms with E-state index in [0.29, 0.717) is 53.2 Å². The van der Waals surface area contributed by atoms with Gasteiger partial charge in [0.25, 0.3) is 0 Å². The van der Waals surface area contributed by atoms with Crippen LogP contribution in [-0.4, -0.2) is 65.6 Å². The summed E-state index contributed by atoms with van der Waals surface area (Å²) < 4.78 is 14.0. The quantitative estimate of drug-likeness (QED) is 0.211. The van der Waals surface area contributed by atoms with E-state index >= 15 is 0 Å². The molecule has 0 radical (unpaired) electrons. The number of allylic oxidation sites excluding steroid dienone is 5. The molecule has 6 heteroatoms. The summed E-state index contributed by atoms with van der Waals surface area (Å²) in [5.74, 6) is 7.60. The molecule has 346 valence electrons. The lowest BCUT2D eigenvalue weighted by Crippen LogP contribution is -2.49. The minimum Gasteiger partial charge on any atom is -0.393 e. The molecule has 12 aliphatic rings. The van der Waals surface area contributed by atoms with Gasteiger partial charge in [0.15, 0.2) is 5.78 Å². The molecule has 3 N–H and O–H groups in total. The summed E-state index contributed by atoms with van der Waals surface area (Å²) in [6, 6.07) is 1.05. The number of piperidine rings is 2. The van der Waals surface area contributed by atoms with Gasteiger partial charge in [-0.05, 0) is 199 Å². The van der Waals surface area contributed by atoms with Crippen LogP contribution in [0.15, 0.2) is 45.6 Å². The van der Waals surface area contributed by atoms with Crippen molar-refractivity contribution in [1.29, 1.82) is 0 Å². The van der Waals surface area contributed by atoms with Crippen molar-refractivity contribution in [3.63, 3.8) is 0 Å². The molecule has 4 saturated heterocycles.